The zero-order valence-corrected chi connectivity index (χ0v) is 11.4. The van der Waals surface area contributed by atoms with Gasteiger partial charge in [-0.1, -0.05) is 18.7 Å². The molecule has 0 fully saturated rings. The molecule has 0 amide bonds. The predicted molar refractivity (Wildman–Crippen MR) is 71.4 cm³/mol. The predicted octanol–water partition coefficient (Wildman–Crippen LogP) is 2.84. The topological polar surface area (TPSA) is 49.8 Å². The van der Waals surface area contributed by atoms with Crippen molar-refractivity contribution in [3.8, 4) is 0 Å². The van der Waals surface area contributed by atoms with Gasteiger partial charge in [-0.2, -0.15) is 0 Å². The Hall–Kier alpha value is -0.970. The van der Waals surface area contributed by atoms with Gasteiger partial charge >= 0.3 is 0 Å². The van der Waals surface area contributed by atoms with Crippen molar-refractivity contribution in [2.24, 2.45) is 0 Å². The molecule has 4 nitrogen and oxygen atoms in total. The lowest BCUT2D eigenvalue weighted by Crippen LogP contribution is -2.30. The summed E-state index contributed by atoms with van der Waals surface area (Å²) in [4.78, 5) is 8.76. The van der Waals surface area contributed by atoms with Crippen molar-refractivity contribution < 1.29 is 0 Å². The number of nitrogens with zero attached hydrogens (tertiary/aromatic N) is 2. The molecule has 0 saturated heterocycles. The minimum atomic E-state index is 0.0506. The van der Waals surface area contributed by atoms with E-state index in [4.69, 9.17) is 0 Å². The number of thioether (sulfide) groups is 1. The summed E-state index contributed by atoms with van der Waals surface area (Å²) in [5.74, 6) is 1.71. The van der Waals surface area contributed by atoms with E-state index in [9.17, 15) is 0 Å². The van der Waals surface area contributed by atoms with Gasteiger partial charge in [0.1, 0.15) is 11.6 Å². The molecule has 0 spiro atoms. The molecular weight excluding hydrogens is 220 g/mol. The van der Waals surface area contributed by atoms with Gasteiger partial charge in [0.25, 0.3) is 0 Å². The summed E-state index contributed by atoms with van der Waals surface area (Å²) in [6, 6.07) is 1.93. The van der Waals surface area contributed by atoms with Crippen LogP contribution in [-0.4, -0.2) is 28.8 Å². The van der Waals surface area contributed by atoms with Crippen molar-refractivity contribution in [3.63, 3.8) is 0 Å². The molecule has 90 valence electrons. The first-order valence-corrected chi connectivity index (χ1v) is 6.62. The zero-order valence-electron chi connectivity index (χ0n) is 10.6. The van der Waals surface area contributed by atoms with Gasteiger partial charge in [0.05, 0.1) is 0 Å². The van der Waals surface area contributed by atoms with E-state index in [2.05, 4.69) is 41.4 Å². The number of anilines is 2. The summed E-state index contributed by atoms with van der Waals surface area (Å²) in [5, 5.41) is 7.23. The maximum atomic E-state index is 4.43. The molecule has 1 aromatic heterocycles. The maximum Gasteiger partial charge on any atom is 0.191 e. The van der Waals surface area contributed by atoms with Gasteiger partial charge < -0.3 is 10.6 Å². The van der Waals surface area contributed by atoms with Crippen LogP contribution in [0.25, 0.3) is 0 Å². The highest BCUT2D eigenvalue weighted by Gasteiger charge is 2.15. The van der Waals surface area contributed by atoms with E-state index in [1.807, 2.05) is 19.4 Å². The smallest absolute Gasteiger partial charge is 0.191 e. The van der Waals surface area contributed by atoms with Gasteiger partial charge in [-0.25, -0.2) is 9.97 Å². The zero-order chi connectivity index (χ0) is 12.2. The summed E-state index contributed by atoms with van der Waals surface area (Å²) < 4.78 is 0. The van der Waals surface area contributed by atoms with Crippen molar-refractivity contribution in [1.29, 1.82) is 0 Å². The molecule has 1 rings (SSSR count). The first kappa shape index (κ1) is 13.1. The first-order chi connectivity index (χ1) is 7.50. The molecule has 0 aliphatic carbocycles. The van der Waals surface area contributed by atoms with Gasteiger partial charge in [-0.3, -0.25) is 0 Å². The van der Waals surface area contributed by atoms with Crippen LogP contribution in [0.3, 0.4) is 0 Å². The number of hydrogen-bond donors (Lipinski definition) is 2. The molecule has 16 heavy (non-hydrogen) atoms. The first-order valence-electron chi connectivity index (χ1n) is 5.39. The van der Waals surface area contributed by atoms with Crippen molar-refractivity contribution >= 4 is 23.4 Å². The second-order valence-corrected chi connectivity index (χ2v) is 5.01. The Bertz CT molecular complexity index is 330. The Balaban J connectivity index is 2.95. The second kappa shape index (κ2) is 5.39. The van der Waals surface area contributed by atoms with Gasteiger partial charge in [0.2, 0.25) is 0 Å². The molecule has 0 saturated carbocycles. The van der Waals surface area contributed by atoms with Crippen molar-refractivity contribution in [2.45, 2.75) is 37.9 Å². The van der Waals surface area contributed by atoms with Crippen LogP contribution in [0, 0.1) is 0 Å². The van der Waals surface area contributed by atoms with E-state index in [0.29, 0.717) is 0 Å². The van der Waals surface area contributed by atoms with Crippen molar-refractivity contribution in [2.75, 3.05) is 23.9 Å². The molecule has 2 N–H and O–H groups in total. The van der Waals surface area contributed by atoms with Crippen LogP contribution in [0.4, 0.5) is 11.6 Å². The Morgan fingerprint density at radius 1 is 1.31 bits per heavy atom. The standard InChI is InChI=1S/C11H20N4S/c1-6-11(2,3)15-9-7-8(12-4)13-10(14-9)16-5/h7H,6H2,1-5H3,(H2,12,13,14,15). The van der Waals surface area contributed by atoms with Crippen LogP contribution >= 0.6 is 11.8 Å². The van der Waals surface area contributed by atoms with Crippen LogP contribution < -0.4 is 10.6 Å². The van der Waals surface area contributed by atoms with Crippen LogP contribution in [-0.2, 0) is 0 Å². The van der Waals surface area contributed by atoms with Crippen molar-refractivity contribution in [1.82, 2.24) is 9.97 Å². The summed E-state index contributed by atoms with van der Waals surface area (Å²) in [7, 11) is 1.86. The van der Waals surface area contributed by atoms with Crippen molar-refractivity contribution in [3.05, 3.63) is 6.07 Å². The minimum absolute atomic E-state index is 0.0506. The third-order valence-electron chi connectivity index (χ3n) is 2.49. The van der Waals surface area contributed by atoms with E-state index < -0.39 is 0 Å². The molecule has 0 bridgehead atoms. The van der Waals surface area contributed by atoms with Crippen LogP contribution in [0.5, 0.6) is 0 Å². The fraction of sp³-hybridized carbons (Fsp3) is 0.636. The largest absolute Gasteiger partial charge is 0.373 e. The van der Waals surface area contributed by atoms with Crippen LogP contribution in [0.2, 0.25) is 0 Å². The molecule has 0 aliphatic heterocycles. The number of rotatable bonds is 5. The molecule has 0 unspecified atom stereocenters. The number of nitrogens with one attached hydrogen (secondary N) is 2. The van der Waals surface area contributed by atoms with Gasteiger partial charge in [-0.05, 0) is 26.5 Å². The molecule has 0 aliphatic rings. The highest BCUT2D eigenvalue weighted by atomic mass is 32.2. The summed E-state index contributed by atoms with van der Waals surface area (Å²) in [6.07, 6.45) is 3.02. The Morgan fingerprint density at radius 2 is 1.94 bits per heavy atom. The highest BCUT2D eigenvalue weighted by molar-refractivity contribution is 7.98. The van der Waals surface area contributed by atoms with Gasteiger partial charge in [0, 0.05) is 18.7 Å². The van der Waals surface area contributed by atoms with E-state index >= 15 is 0 Å². The summed E-state index contributed by atoms with van der Waals surface area (Å²) in [6.45, 7) is 6.47. The molecule has 1 aromatic rings. The van der Waals surface area contributed by atoms with Crippen LogP contribution in [0.1, 0.15) is 27.2 Å². The van der Waals surface area contributed by atoms with E-state index in [1.54, 1.807) is 11.8 Å². The Morgan fingerprint density at radius 3 is 2.44 bits per heavy atom. The minimum Gasteiger partial charge on any atom is -0.373 e. The van der Waals surface area contributed by atoms with Gasteiger partial charge in [0.15, 0.2) is 5.16 Å². The molecule has 0 atom stereocenters. The SMILES string of the molecule is CCC(C)(C)Nc1cc(NC)nc(SC)n1. The molecular formula is C11H20N4S. The Kier molecular flexibility index (Phi) is 4.41. The third kappa shape index (κ3) is 3.56. The third-order valence-corrected chi connectivity index (χ3v) is 3.04. The molecule has 0 aromatic carbocycles. The lowest BCUT2D eigenvalue weighted by Gasteiger charge is -2.25. The summed E-state index contributed by atoms with van der Waals surface area (Å²) >= 11 is 1.54. The van der Waals surface area contributed by atoms with Crippen LogP contribution in [0.15, 0.2) is 11.2 Å². The second-order valence-electron chi connectivity index (χ2n) is 4.24. The molecule has 0 radical (unpaired) electrons. The monoisotopic (exact) mass is 240 g/mol. The Labute approximate surface area is 102 Å². The summed E-state index contributed by atoms with van der Waals surface area (Å²) in [5.41, 5.74) is 0.0506. The van der Waals surface area contributed by atoms with E-state index in [1.165, 1.54) is 0 Å². The fourth-order valence-corrected chi connectivity index (χ4v) is 1.52. The maximum absolute atomic E-state index is 4.43. The fourth-order valence-electron chi connectivity index (χ4n) is 1.14. The number of aromatic nitrogens is 2. The van der Waals surface area contributed by atoms with Gasteiger partial charge in [-0.15, -0.1) is 0 Å². The molecule has 5 heteroatoms. The average molecular weight is 240 g/mol. The number of hydrogen-bond acceptors (Lipinski definition) is 5. The normalized spacial score (nSPS) is 11.3. The highest BCUT2D eigenvalue weighted by Crippen LogP contribution is 2.21. The van der Waals surface area contributed by atoms with E-state index in [-0.39, 0.29) is 5.54 Å². The quantitative estimate of drug-likeness (QED) is 0.612. The molecule has 1 heterocycles. The van der Waals surface area contributed by atoms with E-state index in [0.717, 1.165) is 23.2 Å². The lowest BCUT2D eigenvalue weighted by atomic mass is 10.0. The average Bonchev–Trinajstić information content (AvgIpc) is 2.28. The lowest BCUT2D eigenvalue weighted by molar-refractivity contribution is 0.544.